The lowest BCUT2D eigenvalue weighted by atomic mass is 10.0. The van der Waals surface area contributed by atoms with Crippen molar-refractivity contribution in [3.05, 3.63) is 95.1 Å². The number of carboxylic acids is 1. The molecule has 0 saturated carbocycles. The van der Waals surface area contributed by atoms with Crippen LogP contribution in [-0.4, -0.2) is 28.8 Å². The van der Waals surface area contributed by atoms with Crippen LogP contribution in [0, 0.1) is 5.92 Å². The van der Waals surface area contributed by atoms with Crippen LogP contribution in [-0.2, 0) is 17.8 Å². The first-order chi connectivity index (χ1) is 18.9. The number of aromatic nitrogens is 1. The maximum Gasteiger partial charge on any atom is 0.344 e. The third kappa shape index (κ3) is 8.36. The number of unbranched alkanes of at least 4 members (excludes halogenated alkanes) is 1. The van der Waals surface area contributed by atoms with Gasteiger partial charge in [-0.2, -0.15) is 0 Å². The summed E-state index contributed by atoms with van der Waals surface area (Å²) in [6.45, 7) is 4.85. The highest BCUT2D eigenvalue weighted by Crippen LogP contribution is 2.32. The average molecular weight is 548 g/mol. The van der Waals surface area contributed by atoms with E-state index >= 15 is 0 Å². The molecule has 1 N–H and O–H groups in total. The number of aryl methyl sites for hydroxylation is 1. The quantitative estimate of drug-likeness (QED) is 0.163. The molecule has 4 aromatic rings. The number of carbonyl (C=O) groups is 1. The molecule has 0 radical (unpaired) electrons. The second-order valence-electron chi connectivity index (χ2n) is 9.87. The average Bonchev–Trinajstić information content (AvgIpc) is 2.92. The monoisotopic (exact) mass is 547 g/mol. The number of aliphatic carboxylic acids is 1. The van der Waals surface area contributed by atoms with Gasteiger partial charge in [-0.1, -0.05) is 67.9 Å². The maximum absolute atomic E-state index is 11.7. The predicted molar refractivity (Wildman–Crippen MR) is 154 cm³/mol. The van der Waals surface area contributed by atoms with Gasteiger partial charge in [-0.3, -0.25) is 0 Å². The van der Waals surface area contributed by atoms with Crippen LogP contribution in [0.2, 0.25) is 5.02 Å². The zero-order valence-electron chi connectivity index (χ0n) is 22.3. The molecule has 1 unspecified atom stereocenters. The van der Waals surface area contributed by atoms with E-state index in [9.17, 15) is 9.90 Å². The molecule has 1 aromatic heterocycles. The second-order valence-corrected chi connectivity index (χ2v) is 10.3. The number of fused-ring (bicyclic) bond motifs is 1. The number of halogens is 1. The van der Waals surface area contributed by atoms with E-state index in [1.807, 2.05) is 80.6 Å². The molecule has 7 heteroatoms. The summed E-state index contributed by atoms with van der Waals surface area (Å²) in [5, 5.41) is 11.1. The summed E-state index contributed by atoms with van der Waals surface area (Å²) in [4.78, 5) is 16.3. The fourth-order valence-electron chi connectivity index (χ4n) is 4.26. The molecule has 6 nitrogen and oxygen atoms in total. The molecule has 0 amide bonds. The molecule has 1 atom stereocenters. The van der Waals surface area contributed by atoms with Crippen molar-refractivity contribution in [1.29, 1.82) is 0 Å². The maximum atomic E-state index is 11.7. The number of nitrogens with zero attached hydrogens (tertiary/aromatic N) is 1. The molecular formula is C32H34ClNO5. The van der Waals surface area contributed by atoms with E-state index in [0.29, 0.717) is 36.8 Å². The standard InChI is InChI=1S/C32H34ClNO5/c1-22(2)19-30(32(35)36)39-31-24(11-7-14-28(31)33)10-5-6-18-37-26-12-8-13-27(20-26)38-21-25-17-16-23-9-3-4-15-29(23)34-25/h3-4,7-9,11-17,20,22,30H,5-6,10,18-19,21H2,1-2H3,(H,35,36). The SMILES string of the molecule is CC(C)CC(Oc1c(Cl)cccc1CCCCOc1cccc(OCc2ccc3ccccc3n2)c1)C(=O)O. The van der Waals surface area contributed by atoms with Gasteiger partial charge in [0.25, 0.3) is 0 Å². The highest BCUT2D eigenvalue weighted by Gasteiger charge is 2.23. The summed E-state index contributed by atoms with van der Waals surface area (Å²) < 4.78 is 17.8. The largest absolute Gasteiger partial charge is 0.493 e. The Labute approximate surface area is 234 Å². The van der Waals surface area contributed by atoms with Gasteiger partial charge in [-0.15, -0.1) is 0 Å². The topological polar surface area (TPSA) is 77.9 Å². The Hall–Kier alpha value is -3.77. The van der Waals surface area contributed by atoms with Crippen molar-refractivity contribution in [2.75, 3.05) is 6.61 Å². The zero-order chi connectivity index (χ0) is 27.6. The smallest absolute Gasteiger partial charge is 0.344 e. The van der Waals surface area contributed by atoms with E-state index in [2.05, 4.69) is 11.1 Å². The van der Waals surface area contributed by atoms with E-state index in [1.165, 1.54) is 0 Å². The molecule has 0 spiro atoms. The van der Waals surface area contributed by atoms with Gasteiger partial charge in [0.05, 0.1) is 22.8 Å². The minimum Gasteiger partial charge on any atom is -0.493 e. The van der Waals surface area contributed by atoms with Crippen LogP contribution in [0.25, 0.3) is 10.9 Å². The van der Waals surface area contributed by atoms with E-state index in [4.69, 9.17) is 25.8 Å². The summed E-state index contributed by atoms with van der Waals surface area (Å²) in [6, 6.07) is 25.2. The van der Waals surface area contributed by atoms with Crippen LogP contribution in [0.15, 0.2) is 78.9 Å². The molecule has 0 aliphatic heterocycles. The van der Waals surface area contributed by atoms with Gasteiger partial charge in [0.2, 0.25) is 0 Å². The van der Waals surface area contributed by atoms with Crippen molar-refractivity contribution in [2.24, 2.45) is 5.92 Å². The molecule has 0 aliphatic rings. The molecule has 0 bridgehead atoms. The second kappa shape index (κ2) is 13.9. The Morgan fingerprint density at radius 3 is 2.49 bits per heavy atom. The van der Waals surface area contributed by atoms with Crippen LogP contribution < -0.4 is 14.2 Å². The number of carboxylic acid groups (broad SMARTS) is 1. The Morgan fingerprint density at radius 2 is 1.69 bits per heavy atom. The minimum atomic E-state index is -0.984. The summed E-state index contributed by atoms with van der Waals surface area (Å²) in [5.74, 6) is 1.12. The van der Waals surface area contributed by atoms with E-state index in [-0.39, 0.29) is 5.92 Å². The molecular weight excluding hydrogens is 514 g/mol. The number of para-hydroxylation sites is 2. The van der Waals surface area contributed by atoms with Crippen molar-refractivity contribution in [1.82, 2.24) is 4.98 Å². The van der Waals surface area contributed by atoms with Crippen molar-refractivity contribution in [3.8, 4) is 17.2 Å². The first-order valence-electron chi connectivity index (χ1n) is 13.3. The first-order valence-corrected chi connectivity index (χ1v) is 13.6. The molecule has 0 saturated heterocycles. The molecule has 0 fully saturated rings. The summed E-state index contributed by atoms with van der Waals surface area (Å²) in [5.41, 5.74) is 2.71. The Balaban J connectivity index is 1.26. The predicted octanol–water partition coefficient (Wildman–Crippen LogP) is 7.75. The molecule has 0 aliphatic carbocycles. The fraction of sp³-hybridized carbons (Fsp3) is 0.312. The van der Waals surface area contributed by atoms with Gasteiger partial charge in [0.15, 0.2) is 6.10 Å². The number of hydrogen-bond donors (Lipinski definition) is 1. The van der Waals surface area contributed by atoms with Gasteiger partial charge >= 0.3 is 5.97 Å². The zero-order valence-corrected chi connectivity index (χ0v) is 23.1. The number of hydrogen-bond acceptors (Lipinski definition) is 5. The van der Waals surface area contributed by atoms with Crippen molar-refractivity contribution in [3.63, 3.8) is 0 Å². The number of ether oxygens (including phenoxy) is 3. The molecule has 39 heavy (non-hydrogen) atoms. The van der Waals surface area contributed by atoms with E-state index in [1.54, 1.807) is 6.07 Å². The van der Waals surface area contributed by atoms with Gasteiger partial charge in [-0.05, 0) is 67.5 Å². The Morgan fingerprint density at radius 1 is 0.923 bits per heavy atom. The fourth-order valence-corrected chi connectivity index (χ4v) is 4.50. The number of benzene rings is 3. The van der Waals surface area contributed by atoms with Crippen LogP contribution in [0.5, 0.6) is 17.2 Å². The van der Waals surface area contributed by atoms with Gasteiger partial charge in [0, 0.05) is 11.5 Å². The summed E-state index contributed by atoms with van der Waals surface area (Å²) in [6.07, 6.45) is 1.83. The molecule has 3 aromatic carbocycles. The van der Waals surface area contributed by atoms with Crippen molar-refractivity contribution >= 4 is 28.5 Å². The lowest BCUT2D eigenvalue weighted by Crippen LogP contribution is -2.29. The van der Waals surface area contributed by atoms with Gasteiger partial charge in [-0.25, -0.2) is 9.78 Å². The third-order valence-corrected chi connectivity index (χ3v) is 6.52. The summed E-state index contributed by atoms with van der Waals surface area (Å²) >= 11 is 6.38. The van der Waals surface area contributed by atoms with Crippen molar-refractivity contribution < 1.29 is 24.1 Å². The Kier molecular flexibility index (Phi) is 10.0. The number of pyridine rings is 1. The first kappa shape index (κ1) is 28.2. The van der Waals surface area contributed by atoms with Crippen molar-refractivity contribution in [2.45, 2.75) is 52.2 Å². The van der Waals surface area contributed by atoms with Gasteiger partial charge in [0.1, 0.15) is 23.9 Å². The lowest BCUT2D eigenvalue weighted by Gasteiger charge is -2.20. The highest BCUT2D eigenvalue weighted by molar-refractivity contribution is 6.32. The molecule has 204 valence electrons. The highest BCUT2D eigenvalue weighted by atomic mass is 35.5. The van der Waals surface area contributed by atoms with Gasteiger partial charge < -0.3 is 19.3 Å². The van der Waals surface area contributed by atoms with Crippen LogP contribution >= 0.6 is 11.6 Å². The normalized spacial score (nSPS) is 11.9. The van der Waals surface area contributed by atoms with Crippen LogP contribution in [0.4, 0.5) is 0 Å². The molecule has 1 heterocycles. The summed E-state index contributed by atoms with van der Waals surface area (Å²) in [7, 11) is 0. The minimum absolute atomic E-state index is 0.188. The third-order valence-electron chi connectivity index (χ3n) is 6.23. The van der Waals surface area contributed by atoms with E-state index < -0.39 is 12.1 Å². The van der Waals surface area contributed by atoms with Crippen LogP contribution in [0.1, 0.15) is 44.4 Å². The van der Waals surface area contributed by atoms with E-state index in [0.717, 1.165) is 46.5 Å². The lowest BCUT2D eigenvalue weighted by molar-refractivity contribution is -0.145. The molecule has 4 rings (SSSR count). The van der Waals surface area contributed by atoms with Crippen LogP contribution in [0.3, 0.4) is 0 Å². The number of rotatable bonds is 14. The Bertz CT molecular complexity index is 1390.